The Hall–Kier alpha value is -1.61. The van der Waals surface area contributed by atoms with E-state index in [0.717, 1.165) is 24.2 Å². The highest BCUT2D eigenvalue weighted by molar-refractivity contribution is 5.28. The van der Waals surface area contributed by atoms with Crippen LogP contribution in [0.2, 0.25) is 0 Å². The van der Waals surface area contributed by atoms with E-state index in [1.807, 2.05) is 4.57 Å². The second kappa shape index (κ2) is 6.44. The Labute approximate surface area is 127 Å². The Morgan fingerprint density at radius 3 is 2.43 bits per heavy atom. The zero-order chi connectivity index (χ0) is 15.5. The van der Waals surface area contributed by atoms with Crippen LogP contribution in [0.1, 0.15) is 57.0 Å². The first-order valence-corrected chi connectivity index (χ1v) is 7.69. The molecule has 0 saturated heterocycles. The van der Waals surface area contributed by atoms with Crippen LogP contribution in [-0.4, -0.2) is 14.7 Å². The number of aryl methyl sites for hydroxylation is 1. The second-order valence-electron chi connectivity index (χ2n) is 6.68. The third-order valence-corrected chi connectivity index (χ3v) is 3.80. The summed E-state index contributed by atoms with van der Waals surface area (Å²) in [5.74, 6) is 0. The van der Waals surface area contributed by atoms with E-state index in [9.17, 15) is 5.11 Å². The lowest BCUT2D eigenvalue weighted by Crippen LogP contribution is -2.12. The quantitative estimate of drug-likeness (QED) is 0.906. The molecule has 0 fully saturated rings. The van der Waals surface area contributed by atoms with Crippen molar-refractivity contribution >= 4 is 0 Å². The summed E-state index contributed by atoms with van der Waals surface area (Å²) in [6.45, 7) is 9.65. The van der Waals surface area contributed by atoms with Gasteiger partial charge in [-0.15, -0.1) is 0 Å². The molecule has 0 spiro atoms. The highest BCUT2D eigenvalue weighted by Gasteiger charge is 2.15. The SMILES string of the molecule is CCCn1cncc1C(O)Cc1ccc(C(C)(C)C)cc1. The smallest absolute Gasteiger partial charge is 0.0995 e. The minimum absolute atomic E-state index is 0.164. The molecule has 1 atom stereocenters. The van der Waals surface area contributed by atoms with Crippen molar-refractivity contribution in [2.24, 2.45) is 0 Å². The van der Waals surface area contributed by atoms with Crippen molar-refractivity contribution in [1.82, 2.24) is 9.55 Å². The van der Waals surface area contributed by atoms with Gasteiger partial charge in [-0.1, -0.05) is 52.0 Å². The number of aliphatic hydroxyl groups excluding tert-OH is 1. The molecule has 2 rings (SSSR count). The molecule has 1 unspecified atom stereocenters. The van der Waals surface area contributed by atoms with Crippen LogP contribution >= 0.6 is 0 Å². The maximum absolute atomic E-state index is 10.4. The molecule has 0 radical (unpaired) electrons. The first-order valence-electron chi connectivity index (χ1n) is 7.69. The Morgan fingerprint density at radius 1 is 1.19 bits per heavy atom. The van der Waals surface area contributed by atoms with E-state index >= 15 is 0 Å². The van der Waals surface area contributed by atoms with Gasteiger partial charge in [0.2, 0.25) is 0 Å². The summed E-state index contributed by atoms with van der Waals surface area (Å²) in [6, 6.07) is 8.55. The summed E-state index contributed by atoms with van der Waals surface area (Å²) < 4.78 is 2.04. The Kier molecular flexibility index (Phi) is 4.84. The van der Waals surface area contributed by atoms with Gasteiger partial charge in [0.25, 0.3) is 0 Å². The third-order valence-electron chi connectivity index (χ3n) is 3.80. The molecule has 0 saturated carbocycles. The molecule has 0 aliphatic heterocycles. The number of aromatic nitrogens is 2. The van der Waals surface area contributed by atoms with Gasteiger partial charge in [-0.05, 0) is 23.0 Å². The lowest BCUT2D eigenvalue weighted by molar-refractivity contribution is 0.168. The van der Waals surface area contributed by atoms with Crippen molar-refractivity contribution in [3.63, 3.8) is 0 Å². The first kappa shape index (κ1) is 15.8. The average Bonchev–Trinajstić information content (AvgIpc) is 2.87. The molecule has 1 aromatic carbocycles. The molecule has 0 aliphatic carbocycles. The summed E-state index contributed by atoms with van der Waals surface area (Å²) in [5.41, 5.74) is 3.53. The maximum Gasteiger partial charge on any atom is 0.0995 e. The molecular weight excluding hydrogens is 260 g/mol. The van der Waals surface area contributed by atoms with E-state index in [-0.39, 0.29) is 5.41 Å². The van der Waals surface area contributed by atoms with Crippen molar-refractivity contribution in [3.8, 4) is 0 Å². The summed E-state index contributed by atoms with van der Waals surface area (Å²) in [5, 5.41) is 10.4. The van der Waals surface area contributed by atoms with Crippen LogP contribution < -0.4 is 0 Å². The summed E-state index contributed by atoms with van der Waals surface area (Å²) in [4.78, 5) is 4.15. The van der Waals surface area contributed by atoms with E-state index in [4.69, 9.17) is 0 Å². The van der Waals surface area contributed by atoms with Gasteiger partial charge in [0.05, 0.1) is 24.3 Å². The number of aliphatic hydroxyl groups is 1. The Bertz CT molecular complexity index is 564. The minimum atomic E-state index is -0.500. The van der Waals surface area contributed by atoms with Gasteiger partial charge < -0.3 is 9.67 Å². The maximum atomic E-state index is 10.4. The van der Waals surface area contributed by atoms with Crippen LogP contribution in [0.25, 0.3) is 0 Å². The fraction of sp³-hybridized carbons (Fsp3) is 0.500. The number of rotatable bonds is 5. The lowest BCUT2D eigenvalue weighted by Gasteiger charge is -2.19. The molecule has 1 N–H and O–H groups in total. The Balaban J connectivity index is 2.09. The monoisotopic (exact) mass is 286 g/mol. The van der Waals surface area contributed by atoms with Gasteiger partial charge >= 0.3 is 0 Å². The van der Waals surface area contributed by atoms with Crippen molar-refractivity contribution in [2.75, 3.05) is 0 Å². The topological polar surface area (TPSA) is 38.0 Å². The number of benzene rings is 1. The molecular formula is C18H26N2O. The zero-order valence-electron chi connectivity index (χ0n) is 13.5. The van der Waals surface area contributed by atoms with E-state index in [2.05, 4.69) is 56.9 Å². The van der Waals surface area contributed by atoms with Crippen molar-refractivity contribution in [2.45, 2.75) is 58.6 Å². The van der Waals surface area contributed by atoms with E-state index < -0.39 is 6.10 Å². The molecule has 2 aromatic rings. The molecule has 21 heavy (non-hydrogen) atoms. The van der Waals surface area contributed by atoms with Gasteiger partial charge in [0.1, 0.15) is 0 Å². The van der Waals surface area contributed by atoms with Crippen LogP contribution in [0.5, 0.6) is 0 Å². The van der Waals surface area contributed by atoms with Crippen molar-refractivity contribution in [3.05, 3.63) is 53.6 Å². The third kappa shape index (κ3) is 3.94. The van der Waals surface area contributed by atoms with Gasteiger partial charge in [0, 0.05) is 13.0 Å². The number of imidazole rings is 1. The molecule has 3 heteroatoms. The van der Waals surface area contributed by atoms with E-state index in [1.54, 1.807) is 12.5 Å². The summed E-state index contributed by atoms with van der Waals surface area (Å²) in [7, 11) is 0. The van der Waals surface area contributed by atoms with Crippen LogP contribution in [0, 0.1) is 0 Å². The molecule has 0 amide bonds. The number of hydrogen-bond acceptors (Lipinski definition) is 2. The summed E-state index contributed by atoms with van der Waals surface area (Å²) in [6.07, 6.45) is 4.73. The number of hydrogen-bond donors (Lipinski definition) is 1. The average molecular weight is 286 g/mol. The fourth-order valence-electron chi connectivity index (χ4n) is 2.50. The van der Waals surface area contributed by atoms with Crippen molar-refractivity contribution < 1.29 is 5.11 Å². The van der Waals surface area contributed by atoms with Crippen LogP contribution in [0.15, 0.2) is 36.8 Å². The van der Waals surface area contributed by atoms with Gasteiger partial charge in [0.15, 0.2) is 0 Å². The summed E-state index contributed by atoms with van der Waals surface area (Å²) >= 11 is 0. The highest BCUT2D eigenvalue weighted by atomic mass is 16.3. The van der Waals surface area contributed by atoms with Crippen LogP contribution in [0.3, 0.4) is 0 Å². The van der Waals surface area contributed by atoms with Crippen molar-refractivity contribution in [1.29, 1.82) is 0 Å². The molecule has 3 nitrogen and oxygen atoms in total. The zero-order valence-corrected chi connectivity index (χ0v) is 13.5. The standard InChI is InChI=1S/C18H26N2O/c1-5-10-20-13-19-12-16(20)17(21)11-14-6-8-15(9-7-14)18(2,3)4/h6-9,12-13,17,21H,5,10-11H2,1-4H3. The molecule has 114 valence electrons. The normalized spacial score (nSPS) is 13.4. The minimum Gasteiger partial charge on any atom is -0.386 e. The fourth-order valence-corrected chi connectivity index (χ4v) is 2.50. The van der Waals surface area contributed by atoms with E-state index in [0.29, 0.717) is 6.42 Å². The largest absolute Gasteiger partial charge is 0.386 e. The number of nitrogens with zero attached hydrogens (tertiary/aromatic N) is 2. The van der Waals surface area contributed by atoms with Gasteiger partial charge in [-0.3, -0.25) is 0 Å². The van der Waals surface area contributed by atoms with E-state index in [1.165, 1.54) is 5.56 Å². The van der Waals surface area contributed by atoms with Crippen LogP contribution in [-0.2, 0) is 18.4 Å². The predicted octanol–water partition coefficient (Wildman–Crippen LogP) is 3.87. The predicted molar refractivity (Wildman–Crippen MR) is 86.3 cm³/mol. The highest BCUT2D eigenvalue weighted by Crippen LogP contribution is 2.24. The lowest BCUT2D eigenvalue weighted by atomic mass is 9.86. The van der Waals surface area contributed by atoms with Gasteiger partial charge in [-0.25, -0.2) is 4.98 Å². The van der Waals surface area contributed by atoms with Gasteiger partial charge in [-0.2, -0.15) is 0 Å². The molecule has 1 heterocycles. The molecule has 1 aromatic heterocycles. The first-order chi connectivity index (χ1) is 9.91. The van der Waals surface area contributed by atoms with Crippen LogP contribution in [0.4, 0.5) is 0 Å². The second-order valence-corrected chi connectivity index (χ2v) is 6.68. The molecule has 0 aliphatic rings. The Morgan fingerprint density at radius 2 is 1.86 bits per heavy atom. The molecule has 0 bridgehead atoms.